The largest absolute Gasteiger partial charge is 0.465 e. The molecule has 21 heavy (non-hydrogen) atoms. The molecule has 1 aliphatic heterocycles. The number of anilines is 1. The van der Waals surface area contributed by atoms with Gasteiger partial charge < -0.3 is 20.6 Å². The van der Waals surface area contributed by atoms with Gasteiger partial charge in [0.2, 0.25) is 0 Å². The first-order valence-electron chi connectivity index (χ1n) is 7.00. The molecule has 1 aromatic heterocycles. The van der Waals surface area contributed by atoms with Crippen LogP contribution in [-0.4, -0.2) is 48.8 Å². The van der Waals surface area contributed by atoms with Crippen LogP contribution < -0.4 is 15.5 Å². The maximum atomic E-state index is 11.4. The number of nitrogens with one attached hydrogen (secondary N) is 2. The van der Waals surface area contributed by atoms with E-state index in [1.807, 2.05) is 6.07 Å². The summed E-state index contributed by atoms with van der Waals surface area (Å²) in [6.45, 7) is 2.25. The second-order valence-corrected chi connectivity index (χ2v) is 5.10. The van der Waals surface area contributed by atoms with Crippen molar-refractivity contribution >= 4 is 17.7 Å². The summed E-state index contributed by atoms with van der Waals surface area (Å²) in [4.78, 5) is 28.3. The number of carbonyl (C=O) groups excluding carboxylic acids is 1. The summed E-state index contributed by atoms with van der Waals surface area (Å²) in [6, 6.07) is 3.61. The van der Waals surface area contributed by atoms with E-state index in [2.05, 4.69) is 20.5 Å². The third-order valence-corrected chi connectivity index (χ3v) is 3.73. The highest BCUT2D eigenvalue weighted by atomic mass is 16.4. The first kappa shape index (κ1) is 15.1. The van der Waals surface area contributed by atoms with Gasteiger partial charge in [-0.05, 0) is 30.9 Å². The molecule has 1 aliphatic rings. The van der Waals surface area contributed by atoms with Crippen LogP contribution >= 0.6 is 0 Å². The van der Waals surface area contributed by atoms with Gasteiger partial charge in [-0.1, -0.05) is 0 Å². The molecule has 0 saturated carbocycles. The molecule has 7 nitrogen and oxygen atoms in total. The number of pyridine rings is 1. The maximum absolute atomic E-state index is 11.4. The highest BCUT2D eigenvalue weighted by Gasteiger charge is 2.20. The Morgan fingerprint density at radius 2 is 2.10 bits per heavy atom. The molecule has 0 radical (unpaired) electrons. The minimum absolute atomic E-state index is 0.194. The minimum atomic E-state index is -0.966. The third kappa shape index (κ3) is 4.08. The number of carboxylic acid groups (broad SMARTS) is 1. The van der Waals surface area contributed by atoms with Gasteiger partial charge in [-0.2, -0.15) is 0 Å². The lowest BCUT2D eigenvalue weighted by atomic mass is 9.96. The molecule has 0 bridgehead atoms. The van der Waals surface area contributed by atoms with E-state index < -0.39 is 6.09 Å². The van der Waals surface area contributed by atoms with Gasteiger partial charge in [0, 0.05) is 26.7 Å². The van der Waals surface area contributed by atoms with Gasteiger partial charge in [-0.15, -0.1) is 0 Å². The Morgan fingerprint density at radius 3 is 2.62 bits per heavy atom. The summed E-state index contributed by atoms with van der Waals surface area (Å²) in [5.41, 5.74) is 1.40. The van der Waals surface area contributed by atoms with Crippen LogP contribution in [0.5, 0.6) is 0 Å². The Balaban J connectivity index is 1.87. The summed E-state index contributed by atoms with van der Waals surface area (Å²) in [5, 5.41) is 13.6. The summed E-state index contributed by atoms with van der Waals surface area (Å²) < 4.78 is 0. The summed E-state index contributed by atoms with van der Waals surface area (Å²) >= 11 is 0. The highest BCUT2D eigenvalue weighted by Crippen LogP contribution is 2.22. The average molecular weight is 292 g/mol. The number of piperidine rings is 1. The molecule has 1 saturated heterocycles. The molecule has 2 amide bonds. The van der Waals surface area contributed by atoms with Crippen molar-refractivity contribution in [1.29, 1.82) is 0 Å². The standard InChI is InChI=1S/C14H20N4O3/c1-15-13(19)12-3-2-11(9-16-12)18-6-4-10(5-7-18)8-17-14(20)21/h2-3,9-10,17H,4-8H2,1H3,(H,15,19)(H,20,21). The van der Waals surface area contributed by atoms with Crippen LogP contribution in [0, 0.1) is 5.92 Å². The lowest BCUT2D eigenvalue weighted by molar-refractivity contribution is 0.0958. The van der Waals surface area contributed by atoms with Crippen LogP contribution in [0.25, 0.3) is 0 Å². The molecule has 2 rings (SSSR count). The van der Waals surface area contributed by atoms with Gasteiger partial charge in [0.15, 0.2) is 0 Å². The fraction of sp³-hybridized carbons (Fsp3) is 0.500. The molecule has 3 N–H and O–H groups in total. The monoisotopic (exact) mass is 292 g/mol. The number of nitrogens with zero attached hydrogens (tertiary/aromatic N) is 2. The van der Waals surface area contributed by atoms with E-state index in [1.54, 1.807) is 19.3 Å². The summed E-state index contributed by atoms with van der Waals surface area (Å²) in [6.07, 6.45) is 2.63. The molecular formula is C14H20N4O3. The van der Waals surface area contributed by atoms with E-state index in [1.165, 1.54) is 0 Å². The van der Waals surface area contributed by atoms with E-state index in [0.29, 0.717) is 18.2 Å². The molecule has 1 fully saturated rings. The van der Waals surface area contributed by atoms with Gasteiger partial charge in [0.05, 0.1) is 11.9 Å². The molecule has 0 aromatic carbocycles. The zero-order chi connectivity index (χ0) is 15.2. The minimum Gasteiger partial charge on any atom is -0.465 e. The number of aromatic nitrogens is 1. The van der Waals surface area contributed by atoms with Gasteiger partial charge in [-0.3, -0.25) is 4.79 Å². The first-order chi connectivity index (χ1) is 10.1. The van der Waals surface area contributed by atoms with Crippen LogP contribution in [0.4, 0.5) is 10.5 Å². The number of carbonyl (C=O) groups is 2. The van der Waals surface area contributed by atoms with E-state index in [-0.39, 0.29) is 5.91 Å². The Kier molecular flexibility index (Phi) is 4.97. The van der Waals surface area contributed by atoms with Crippen LogP contribution in [-0.2, 0) is 0 Å². The predicted molar refractivity (Wildman–Crippen MR) is 78.6 cm³/mol. The number of amides is 2. The zero-order valence-electron chi connectivity index (χ0n) is 12.0. The fourth-order valence-electron chi connectivity index (χ4n) is 2.46. The van der Waals surface area contributed by atoms with E-state index in [9.17, 15) is 9.59 Å². The zero-order valence-corrected chi connectivity index (χ0v) is 12.0. The fourth-order valence-corrected chi connectivity index (χ4v) is 2.46. The number of hydrogen-bond donors (Lipinski definition) is 3. The molecule has 7 heteroatoms. The normalized spacial score (nSPS) is 15.6. The quantitative estimate of drug-likeness (QED) is 0.767. The summed E-state index contributed by atoms with van der Waals surface area (Å²) in [5.74, 6) is 0.190. The average Bonchev–Trinajstić information content (AvgIpc) is 2.53. The van der Waals surface area contributed by atoms with Crippen molar-refractivity contribution in [2.45, 2.75) is 12.8 Å². The number of hydrogen-bond acceptors (Lipinski definition) is 4. The Labute approximate surface area is 123 Å². The van der Waals surface area contributed by atoms with Crippen molar-refractivity contribution in [3.05, 3.63) is 24.0 Å². The Morgan fingerprint density at radius 1 is 1.38 bits per heavy atom. The van der Waals surface area contributed by atoms with Crippen LogP contribution in [0.2, 0.25) is 0 Å². The second kappa shape index (κ2) is 6.92. The molecule has 0 atom stereocenters. The molecular weight excluding hydrogens is 272 g/mol. The van der Waals surface area contributed by atoms with Gasteiger partial charge in [0.1, 0.15) is 5.69 Å². The highest BCUT2D eigenvalue weighted by molar-refractivity contribution is 5.92. The molecule has 0 aliphatic carbocycles. The molecule has 0 unspecified atom stereocenters. The van der Waals surface area contributed by atoms with Crippen molar-refractivity contribution in [2.75, 3.05) is 31.6 Å². The lowest BCUT2D eigenvalue weighted by Gasteiger charge is -2.33. The Bertz CT molecular complexity index is 495. The molecule has 114 valence electrons. The SMILES string of the molecule is CNC(=O)c1ccc(N2CCC(CNC(=O)O)CC2)cn1. The summed E-state index contributed by atoms with van der Waals surface area (Å²) in [7, 11) is 1.58. The maximum Gasteiger partial charge on any atom is 0.404 e. The smallest absolute Gasteiger partial charge is 0.404 e. The van der Waals surface area contributed by atoms with Gasteiger partial charge in [0.25, 0.3) is 5.91 Å². The van der Waals surface area contributed by atoms with Crippen molar-refractivity contribution in [1.82, 2.24) is 15.6 Å². The Hall–Kier alpha value is -2.31. The lowest BCUT2D eigenvalue weighted by Crippen LogP contribution is -2.38. The number of rotatable bonds is 4. The van der Waals surface area contributed by atoms with Crippen molar-refractivity contribution in [2.24, 2.45) is 5.92 Å². The predicted octanol–water partition coefficient (Wildman–Crippen LogP) is 0.925. The molecule has 0 spiro atoms. The van der Waals surface area contributed by atoms with Crippen LogP contribution in [0.3, 0.4) is 0 Å². The van der Waals surface area contributed by atoms with Gasteiger partial charge in [-0.25, -0.2) is 9.78 Å². The topological polar surface area (TPSA) is 94.6 Å². The molecule has 1 aromatic rings. The van der Waals surface area contributed by atoms with Gasteiger partial charge >= 0.3 is 6.09 Å². The van der Waals surface area contributed by atoms with E-state index in [0.717, 1.165) is 31.6 Å². The second-order valence-electron chi connectivity index (χ2n) is 5.10. The van der Waals surface area contributed by atoms with Crippen molar-refractivity contribution in [3.8, 4) is 0 Å². The van der Waals surface area contributed by atoms with Crippen LogP contribution in [0.1, 0.15) is 23.3 Å². The third-order valence-electron chi connectivity index (χ3n) is 3.73. The van der Waals surface area contributed by atoms with Crippen molar-refractivity contribution in [3.63, 3.8) is 0 Å². The van der Waals surface area contributed by atoms with E-state index in [4.69, 9.17) is 5.11 Å². The van der Waals surface area contributed by atoms with Crippen molar-refractivity contribution < 1.29 is 14.7 Å². The van der Waals surface area contributed by atoms with Crippen LogP contribution in [0.15, 0.2) is 18.3 Å². The first-order valence-corrected chi connectivity index (χ1v) is 7.00. The van der Waals surface area contributed by atoms with E-state index >= 15 is 0 Å². The molecule has 2 heterocycles.